The van der Waals surface area contributed by atoms with Gasteiger partial charge in [0.2, 0.25) is 5.91 Å². The average molecular weight is 217 g/mol. The van der Waals surface area contributed by atoms with Crippen LogP contribution in [0.1, 0.15) is 29.6 Å². The summed E-state index contributed by atoms with van der Waals surface area (Å²) < 4.78 is 0. The minimum Gasteiger partial charge on any atom is -0.366 e. The van der Waals surface area contributed by atoms with Gasteiger partial charge in [0.05, 0.1) is 0 Å². The number of primary amides is 1. The molecular weight excluding hydrogens is 202 g/mol. The molecule has 1 aromatic heterocycles. The molecule has 1 aliphatic heterocycles. The van der Waals surface area contributed by atoms with Crippen molar-refractivity contribution in [3.8, 4) is 0 Å². The summed E-state index contributed by atoms with van der Waals surface area (Å²) in [4.78, 5) is 17.8. The number of amides is 1. The maximum Gasteiger partial charge on any atom is 0.248 e. The van der Waals surface area contributed by atoms with Crippen molar-refractivity contribution in [1.29, 1.82) is 0 Å². The maximum atomic E-state index is 11.1. The number of hydrogen-bond donors (Lipinski definition) is 1. The smallest absolute Gasteiger partial charge is 0.248 e. The van der Waals surface area contributed by atoms with E-state index in [9.17, 15) is 4.79 Å². The number of aromatic nitrogens is 1. The Morgan fingerprint density at radius 1 is 1.50 bits per heavy atom. The molecule has 2 heterocycles. The second kappa shape index (κ2) is 3.47. The third kappa shape index (κ3) is 1.45. The van der Waals surface area contributed by atoms with Gasteiger partial charge in [0.1, 0.15) is 5.82 Å². The summed E-state index contributed by atoms with van der Waals surface area (Å²) in [6, 6.07) is 4.10. The molecular formula is C12H15N3O. The van der Waals surface area contributed by atoms with Crippen molar-refractivity contribution in [2.45, 2.75) is 25.3 Å². The molecule has 1 amide bonds. The van der Waals surface area contributed by atoms with Gasteiger partial charge in [0, 0.05) is 24.3 Å². The van der Waals surface area contributed by atoms with E-state index < -0.39 is 0 Å². The van der Waals surface area contributed by atoms with Gasteiger partial charge < -0.3 is 10.6 Å². The molecule has 2 atom stereocenters. The molecule has 1 aliphatic carbocycles. The molecule has 1 saturated carbocycles. The Morgan fingerprint density at radius 3 is 3.00 bits per heavy atom. The molecule has 1 saturated heterocycles. The number of carbonyl (C=O) groups excluding carboxylic acids is 1. The summed E-state index contributed by atoms with van der Waals surface area (Å²) in [5.74, 6) is 1.35. The molecule has 0 unspecified atom stereocenters. The Hall–Kier alpha value is -1.58. The number of piperidine rings is 1. The summed E-state index contributed by atoms with van der Waals surface area (Å²) in [7, 11) is 0. The lowest BCUT2D eigenvalue weighted by atomic mass is 10.1. The first-order valence-electron chi connectivity index (χ1n) is 5.76. The Morgan fingerprint density at radius 2 is 2.38 bits per heavy atom. The van der Waals surface area contributed by atoms with Crippen LogP contribution in [0.2, 0.25) is 0 Å². The summed E-state index contributed by atoms with van der Waals surface area (Å²) in [6.45, 7) is 1.08. The van der Waals surface area contributed by atoms with Crippen molar-refractivity contribution in [3.05, 3.63) is 23.9 Å². The molecule has 4 heteroatoms. The number of hydrogen-bond acceptors (Lipinski definition) is 3. The van der Waals surface area contributed by atoms with E-state index in [1.807, 2.05) is 6.07 Å². The van der Waals surface area contributed by atoms with E-state index in [2.05, 4.69) is 9.88 Å². The number of nitrogens with two attached hydrogens (primary N) is 1. The van der Waals surface area contributed by atoms with Gasteiger partial charge in [-0.15, -0.1) is 0 Å². The minimum absolute atomic E-state index is 0.381. The van der Waals surface area contributed by atoms with Crippen LogP contribution < -0.4 is 10.6 Å². The molecule has 84 valence electrons. The second-order valence-corrected chi connectivity index (χ2v) is 4.75. The van der Waals surface area contributed by atoms with Crippen LogP contribution in [-0.4, -0.2) is 23.5 Å². The molecule has 1 aromatic rings. The summed E-state index contributed by atoms with van der Waals surface area (Å²) in [6.07, 6.45) is 5.55. The van der Waals surface area contributed by atoms with E-state index in [1.54, 1.807) is 12.3 Å². The highest BCUT2D eigenvalue weighted by molar-refractivity contribution is 5.93. The van der Waals surface area contributed by atoms with Gasteiger partial charge in [-0.2, -0.15) is 0 Å². The van der Waals surface area contributed by atoms with E-state index in [4.69, 9.17) is 5.73 Å². The molecule has 0 radical (unpaired) electrons. The molecule has 0 aromatic carbocycles. The van der Waals surface area contributed by atoms with Crippen molar-refractivity contribution in [1.82, 2.24) is 4.98 Å². The molecule has 3 rings (SSSR count). The molecule has 2 N–H and O–H groups in total. The Kier molecular flexibility index (Phi) is 2.09. The zero-order valence-electron chi connectivity index (χ0n) is 9.10. The van der Waals surface area contributed by atoms with E-state index in [-0.39, 0.29) is 5.91 Å². The van der Waals surface area contributed by atoms with E-state index in [1.165, 1.54) is 19.3 Å². The summed E-state index contributed by atoms with van der Waals surface area (Å²) in [5, 5.41) is 0. The lowest BCUT2D eigenvalue weighted by molar-refractivity contribution is 0.1000. The lowest BCUT2D eigenvalue weighted by Crippen LogP contribution is -2.32. The van der Waals surface area contributed by atoms with E-state index >= 15 is 0 Å². The highest BCUT2D eigenvalue weighted by atomic mass is 16.1. The number of nitrogens with zero attached hydrogens (tertiary/aromatic N) is 2. The SMILES string of the molecule is NC(=O)c1ccnc(N2C[C@H]3CC[C@H]2C3)c1. The van der Waals surface area contributed by atoms with Crippen LogP contribution in [0, 0.1) is 5.92 Å². The monoisotopic (exact) mass is 217 g/mol. The van der Waals surface area contributed by atoms with Gasteiger partial charge in [-0.25, -0.2) is 4.98 Å². The molecule has 2 fully saturated rings. The molecule has 16 heavy (non-hydrogen) atoms. The van der Waals surface area contributed by atoms with E-state index in [0.29, 0.717) is 11.6 Å². The predicted octanol–water partition coefficient (Wildman–Crippen LogP) is 1.17. The first kappa shape index (κ1) is 9.63. The zero-order chi connectivity index (χ0) is 11.1. The van der Waals surface area contributed by atoms with Crippen molar-refractivity contribution in [3.63, 3.8) is 0 Å². The van der Waals surface area contributed by atoms with Gasteiger partial charge in [0.15, 0.2) is 0 Å². The van der Waals surface area contributed by atoms with Crippen LogP contribution in [0.5, 0.6) is 0 Å². The van der Waals surface area contributed by atoms with Gasteiger partial charge >= 0.3 is 0 Å². The number of fused-ring (bicyclic) bond motifs is 2. The standard InChI is InChI=1S/C12H15N3O/c13-12(16)9-3-4-14-11(6-9)15-7-8-1-2-10(15)5-8/h3-4,6,8,10H,1-2,5,7H2,(H2,13,16)/t8-,10-/m0/s1. The average Bonchev–Trinajstić information content (AvgIpc) is 2.91. The Bertz CT molecular complexity index is 432. The van der Waals surface area contributed by atoms with Crippen molar-refractivity contribution in [2.24, 2.45) is 11.7 Å². The zero-order valence-corrected chi connectivity index (χ0v) is 9.10. The maximum absolute atomic E-state index is 11.1. The minimum atomic E-state index is -0.381. The highest BCUT2D eigenvalue weighted by Gasteiger charge is 2.38. The lowest BCUT2D eigenvalue weighted by Gasteiger charge is -2.28. The Balaban J connectivity index is 1.89. The fourth-order valence-electron chi connectivity index (χ4n) is 2.93. The third-order valence-corrected chi connectivity index (χ3v) is 3.73. The number of rotatable bonds is 2. The van der Waals surface area contributed by atoms with Crippen molar-refractivity contribution in [2.75, 3.05) is 11.4 Å². The van der Waals surface area contributed by atoms with Gasteiger partial charge in [-0.1, -0.05) is 0 Å². The van der Waals surface area contributed by atoms with Crippen LogP contribution in [0.4, 0.5) is 5.82 Å². The molecule has 2 aliphatic rings. The topological polar surface area (TPSA) is 59.2 Å². The van der Waals surface area contributed by atoms with Crippen LogP contribution >= 0.6 is 0 Å². The second-order valence-electron chi connectivity index (χ2n) is 4.75. The predicted molar refractivity (Wildman–Crippen MR) is 61.2 cm³/mol. The third-order valence-electron chi connectivity index (χ3n) is 3.73. The van der Waals surface area contributed by atoms with Crippen molar-refractivity contribution >= 4 is 11.7 Å². The first-order chi connectivity index (χ1) is 7.74. The molecule has 2 bridgehead atoms. The molecule has 0 spiro atoms. The van der Waals surface area contributed by atoms with E-state index in [0.717, 1.165) is 18.3 Å². The summed E-state index contributed by atoms with van der Waals surface area (Å²) >= 11 is 0. The van der Waals surface area contributed by atoms with Crippen molar-refractivity contribution < 1.29 is 4.79 Å². The number of carbonyl (C=O) groups is 1. The Labute approximate surface area is 94.5 Å². The quantitative estimate of drug-likeness (QED) is 0.809. The van der Waals surface area contributed by atoms with Gasteiger partial charge in [-0.05, 0) is 37.3 Å². The fourth-order valence-corrected chi connectivity index (χ4v) is 2.93. The van der Waals surface area contributed by atoms with Crippen LogP contribution in [-0.2, 0) is 0 Å². The first-order valence-corrected chi connectivity index (χ1v) is 5.76. The highest BCUT2D eigenvalue weighted by Crippen LogP contribution is 2.39. The van der Waals surface area contributed by atoms with Gasteiger partial charge in [0.25, 0.3) is 0 Å². The van der Waals surface area contributed by atoms with Crippen LogP contribution in [0.3, 0.4) is 0 Å². The van der Waals surface area contributed by atoms with Gasteiger partial charge in [-0.3, -0.25) is 4.79 Å². The summed E-state index contributed by atoms with van der Waals surface area (Å²) in [5.41, 5.74) is 5.82. The largest absolute Gasteiger partial charge is 0.366 e. The number of anilines is 1. The normalized spacial score (nSPS) is 27.4. The molecule has 4 nitrogen and oxygen atoms in total. The van der Waals surface area contributed by atoms with Crippen LogP contribution in [0.25, 0.3) is 0 Å². The fraction of sp³-hybridized carbons (Fsp3) is 0.500. The number of pyridine rings is 1. The van der Waals surface area contributed by atoms with Crippen LogP contribution in [0.15, 0.2) is 18.3 Å².